The molecule has 0 unspecified atom stereocenters. The first-order valence-electron chi connectivity index (χ1n) is 2.80. The third-order valence-corrected chi connectivity index (χ3v) is 2.00. The maximum atomic E-state index is 10.4. The van der Waals surface area contributed by atoms with Crippen LogP contribution < -0.4 is 0 Å². The molecule has 1 N–H and O–H groups in total. The van der Waals surface area contributed by atoms with Gasteiger partial charge in [0.25, 0.3) is 0 Å². The maximum absolute atomic E-state index is 10.4. The number of rotatable bonds is 1. The van der Waals surface area contributed by atoms with Gasteiger partial charge in [-0.15, -0.1) is 0 Å². The Bertz CT molecular complexity index is 307. The lowest BCUT2D eigenvalue weighted by Crippen LogP contribution is -1.96. The summed E-state index contributed by atoms with van der Waals surface area (Å²) in [7, 11) is 0. The fourth-order valence-electron chi connectivity index (χ4n) is 0.669. The van der Waals surface area contributed by atoms with E-state index < -0.39 is 5.97 Å². The Morgan fingerprint density at radius 1 is 1.14 bits per heavy atom. The highest BCUT2D eigenvalue weighted by Crippen LogP contribution is 2.25. The van der Waals surface area contributed by atoms with Gasteiger partial charge < -0.3 is 5.11 Å². The minimum absolute atomic E-state index is 0. The smallest absolute Gasteiger partial charge is 0.337 e. The highest BCUT2D eigenvalue weighted by Gasteiger charge is 2.09. The van der Waals surface area contributed by atoms with Gasteiger partial charge in [0, 0.05) is 0 Å². The van der Waals surface area contributed by atoms with E-state index in [1.165, 1.54) is 18.2 Å². The normalized spacial score (nSPS) is 7.57. The van der Waals surface area contributed by atoms with Gasteiger partial charge in [0.05, 0.1) is 15.6 Å². The van der Waals surface area contributed by atoms with Crippen LogP contribution in [0.25, 0.3) is 0 Å². The van der Waals surface area contributed by atoms with Crippen LogP contribution in [0.1, 0.15) is 10.4 Å². The number of carboxylic acids is 1. The number of benzene rings is 1. The first-order valence-corrected chi connectivity index (χ1v) is 3.56. The molecule has 0 saturated heterocycles. The molecular formula is C7H7Cl2F3O2. The number of carboxylic acid groups (broad SMARTS) is 1. The van der Waals surface area contributed by atoms with E-state index in [0.29, 0.717) is 0 Å². The van der Waals surface area contributed by atoms with Crippen molar-refractivity contribution in [3.63, 3.8) is 0 Å². The zero-order valence-electron chi connectivity index (χ0n) is 6.57. The summed E-state index contributed by atoms with van der Waals surface area (Å²) < 4.78 is 0. The minimum atomic E-state index is -1.07. The zero-order chi connectivity index (χ0) is 8.43. The average molecular weight is 251 g/mol. The lowest BCUT2D eigenvalue weighted by molar-refractivity contribution is 0.0697. The average Bonchev–Trinajstić information content (AvgIpc) is 1.94. The van der Waals surface area contributed by atoms with Crippen molar-refractivity contribution in [3.05, 3.63) is 33.8 Å². The van der Waals surface area contributed by atoms with Crippen LogP contribution in [0.5, 0.6) is 0 Å². The molecule has 1 rings (SSSR count). The maximum Gasteiger partial charge on any atom is 0.337 e. The fraction of sp³-hybridized carbons (Fsp3) is 0. The van der Waals surface area contributed by atoms with Crippen molar-refractivity contribution in [2.75, 3.05) is 0 Å². The van der Waals surface area contributed by atoms with Crippen molar-refractivity contribution in [1.29, 1.82) is 0 Å². The quantitative estimate of drug-likeness (QED) is 0.832. The third-order valence-electron chi connectivity index (χ3n) is 1.18. The van der Waals surface area contributed by atoms with Crippen molar-refractivity contribution >= 4 is 29.2 Å². The van der Waals surface area contributed by atoms with E-state index in [1.807, 2.05) is 0 Å². The van der Waals surface area contributed by atoms with Crippen molar-refractivity contribution in [2.24, 2.45) is 0 Å². The summed E-state index contributed by atoms with van der Waals surface area (Å²) in [5.74, 6) is -1.07. The van der Waals surface area contributed by atoms with Gasteiger partial charge in [0.15, 0.2) is 0 Å². The van der Waals surface area contributed by atoms with Gasteiger partial charge in [0.1, 0.15) is 0 Å². The Kier molecular flexibility index (Phi) is 10.0. The van der Waals surface area contributed by atoms with Crippen LogP contribution in [0.15, 0.2) is 18.2 Å². The summed E-state index contributed by atoms with van der Waals surface area (Å²) in [5.41, 5.74) is 0.0270. The van der Waals surface area contributed by atoms with Crippen LogP contribution >= 0.6 is 23.2 Å². The second-order valence-corrected chi connectivity index (χ2v) is 2.69. The highest BCUT2D eigenvalue weighted by atomic mass is 35.5. The molecule has 14 heavy (non-hydrogen) atoms. The van der Waals surface area contributed by atoms with Gasteiger partial charge in [-0.25, -0.2) is 4.79 Å². The van der Waals surface area contributed by atoms with Gasteiger partial charge in [-0.1, -0.05) is 29.3 Å². The summed E-state index contributed by atoms with van der Waals surface area (Å²) >= 11 is 11.1. The van der Waals surface area contributed by atoms with Crippen molar-refractivity contribution < 1.29 is 24.0 Å². The van der Waals surface area contributed by atoms with Crippen LogP contribution in [0.3, 0.4) is 0 Å². The van der Waals surface area contributed by atoms with Gasteiger partial charge in [-0.2, -0.15) is 0 Å². The molecule has 0 aliphatic rings. The first-order chi connectivity index (χ1) is 5.13. The molecule has 0 saturated carbocycles. The fourth-order valence-corrected chi connectivity index (χ4v) is 1.05. The Labute approximate surface area is 87.5 Å². The van der Waals surface area contributed by atoms with Gasteiger partial charge in [-0.3, -0.25) is 14.1 Å². The van der Waals surface area contributed by atoms with E-state index in [1.54, 1.807) is 0 Å². The van der Waals surface area contributed by atoms with Crippen molar-refractivity contribution in [1.82, 2.24) is 0 Å². The standard InChI is InChI=1S/C7H4Cl2O2.3FH/c8-5-3-1-2-4(6(5)9)7(10)11;;;/h1-3H,(H,10,11);3*1H. The number of halogens is 5. The molecule has 0 atom stereocenters. The largest absolute Gasteiger partial charge is 0.478 e. The van der Waals surface area contributed by atoms with E-state index in [0.717, 1.165) is 0 Å². The lowest BCUT2D eigenvalue weighted by Gasteiger charge is -1.98. The molecule has 0 aliphatic heterocycles. The van der Waals surface area contributed by atoms with Crippen LogP contribution in [0.2, 0.25) is 10.0 Å². The molecule has 0 radical (unpaired) electrons. The number of hydrogen-bond donors (Lipinski definition) is 1. The monoisotopic (exact) mass is 250 g/mol. The number of carbonyl (C=O) groups is 1. The van der Waals surface area contributed by atoms with Crippen LogP contribution in [0, 0.1) is 0 Å². The molecule has 1 aromatic carbocycles. The molecule has 0 aliphatic carbocycles. The van der Waals surface area contributed by atoms with E-state index >= 15 is 0 Å². The predicted molar refractivity (Wildman–Crippen MR) is 50.9 cm³/mol. The van der Waals surface area contributed by atoms with Gasteiger partial charge >= 0.3 is 5.97 Å². The summed E-state index contributed by atoms with van der Waals surface area (Å²) in [6.07, 6.45) is 0. The van der Waals surface area contributed by atoms with Crippen molar-refractivity contribution in [3.8, 4) is 0 Å². The lowest BCUT2D eigenvalue weighted by atomic mass is 10.2. The molecule has 0 aromatic heterocycles. The van der Waals surface area contributed by atoms with E-state index in [2.05, 4.69) is 0 Å². The molecule has 2 nitrogen and oxygen atoms in total. The highest BCUT2D eigenvalue weighted by molar-refractivity contribution is 6.43. The summed E-state index contributed by atoms with van der Waals surface area (Å²) in [6, 6.07) is 4.48. The molecule has 0 heterocycles. The molecular weight excluding hydrogens is 244 g/mol. The van der Waals surface area contributed by atoms with Crippen LogP contribution in [-0.4, -0.2) is 11.1 Å². The molecule has 0 fully saturated rings. The molecule has 82 valence electrons. The van der Waals surface area contributed by atoms with Gasteiger partial charge in [-0.05, 0) is 12.1 Å². The molecule has 0 spiro atoms. The Hall–Kier alpha value is -0.940. The zero-order valence-corrected chi connectivity index (χ0v) is 8.08. The molecule has 7 heteroatoms. The Morgan fingerprint density at radius 3 is 2.00 bits per heavy atom. The summed E-state index contributed by atoms with van der Waals surface area (Å²) in [4.78, 5) is 10.4. The van der Waals surface area contributed by atoms with Crippen molar-refractivity contribution in [2.45, 2.75) is 0 Å². The Balaban J connectivity index is -0.000000403. The summed E-state index contributed by atoms with van der Waals surface area (Å²) in [5, 5.41) is 8.89. The topological polar surface area (TPSA) is 37.3 Å². The van der Waals surface area contributed by atoms with E-state index in [4.69, 9.17) is 28.3 Å². The van der Waals surface area contributed by atoms with Gasteiger partial charge in [0.2, 0.25) is 0 Å². The SMILES string of the molecule is F.F.F.O=C(O)c1cccc(Cl)c1Cl. The molecule has 0 amide bonds. The Morgan fingerprint density at radius 2 is 1.64 bits per heavy atom. The summed E-state index contributed by atoms with van der Waals surface area (Å²) in [6.45, 7) is 0. The van der Waals surface area contributed by atoms with E-state index in [9.17, 15) is 4.79 Å². The van der Waals surface area contributed by atoms with Crippen LogP contribution in [0.4, 0.5) is 14.1 Å². The number of hydrogen-bond acceptors (Lipinski definition) is 1. The second-order valence-electron chi connectivity index (χ2n) is 1.91. The second kappa shape index (κ2) is 7.46. The van der Waals surface area contributed by atoms with E-state index in [-0.39, 0.29) is 29.7 Å². The molecule has 1 aromatic rings. The van der Waals surface area contributed by atoms with Crippen LogP contribution in [-0.2, 0) is 0 Å². The minimum Gasteiger partial charge on any atom is -0.478 e. The predicted octanol–water partition coefficient (Wildman–Crippen LogP) is 3.15. The third kappa shape index (κ3) is 3.85. The number of aromatic carboxylic acids is 1. The first kappa shape index (κ1) is 18.8. The molecule has 0 bridgehead atoms.